The number of benzene rings is 2. The topological polar surface area (TPSA) is 120 Å². The average Bonchev–Trinajstić information content (AvgIpc) is 3.33. The number of Topliss-reactive ketones (excluding diaryl/α,β-unsaturated/α-hetero) is 1. The summed E-state index contributed by atoms with van der Waals surface area (Å²) in [4.78, 5) is 13.1. The van der Waals surface area contributed by atoms with Gasteiger partial charge in [0.25, 0.3) is 0 Å². The molecule has 0 spiro atoms. The van der Waals surface area contributed by atoms with Gasteiger partial charge in [-0.1, -0.05) is 142 Å². The molecule has 0 aliphatic rings. The molecule has 0 aliphatic heterocycles. The van der Waals surface area contributed by atoms with Crippen LogP contribution >= 0.6 is 0 Å². The van der Waals surface area contributed by atoms with Gasteiger partial charge in [-0.25, -0.2) is 0 Å². The van der Waals surface area contributed by atoms with Gasteiger partial charge in [-0.3, -0.25) is 4.79 Å². The number of rotatable bonds is 35. The largest absolute Gasteiger partial charge is 0.497 e. The van der Waals surface area contributed by atoms with E-state index in [4.69, 9.17) is 42.3 Å². The van der Waals surface area contributed by atoms with Crippen molar-refractivity contribution >= 4 is 14.1 Å². The van der Waals surface area contributed by atoms with Crippen molar-refractivity contribution < 1.29 is 52.2 Å². The second-order valence-electron chi connectivity index (χ2n) is 21.4. The van der Waals surface area contributed by atoms with Crippen LogP contribution in [0.5, 0.6) is 11.5 Å². The summed E-state index contributed by atoms with van der Waals surface area (Å²) < 4.78 is 55.3. The van der Waals surface area contributed by atoms with Crippen molar-refractivity contribution in [3.05, 3.63) is 108 Å². The molecule has 0 bridgehead atoms. The smallest absolute Gasteiger partial charge is 0.192 e. The molecule has 1 N–H and O–H groups in total. The second-order valence-corrected chi connectivity index (χ2v) is 26.2. The summed E-state index contributed by atoms with van der Waals surface area (Å²) in [5.41, 5.74) is 3.23. The average molecular weight is 1010 g/mol. The van der Waals surface area contributed by atoms with Gasteiger partial charge >= 0.3 is 0 Å². The Kier molecular flexibility index (Phi) is 28.7. The summed E-state index contributed by atoms with van der Waals surface area (Å²) in [5.74, 6) is 0.887. The Balaban J connectivity index is 2.48. The van der Waals surface area contributed by atoms with Crippen LogP contribution in [0.25, 0.3) is 0 Å². The van der Waals surface area contributed by atoms with Gasteiger partial charge in [-0.05, 0) is 79.7 Å². The quantitative estimate of drug-likeness (QED) is 0.0307. The van der Waals surface area contributed by atoms with Crippen LogP contribution in [0.1, 0.15) is 107 Å². The maximum atomic E-state index is 13.1. The van der Waals surface area contributed by atoms with Gasteiger partial charge in [0.1, 0.15) is 30.9 Å². The number of ether oxygens (including phenoxy) is 8. The first-order valence-electron chi connectivity index (χ1n) is 25.7. The Morgan fingerprint density at radius 3 is 1.68 bits per heavy atom. The monoisotopic (exact) mass is 1010 g/mol. The molecule has 0 heterocycles. The van der Waals surface area contributed by atoms with E-state index in [9.17, 15) is 9.90 Å². The fourth-order valence-corrected chi connectivity index (χ4v) is 10.4. The number of hydrogen-bond donors (Lipinski definition) is 1. The highest BCUT2D eigenvalue weighted by Crippen LogP contribution is 2.40. The van der Waals surface area contributed by atoms with Gasteiger partial charge in [0.05, 0.1) is 64.1 Å². The van der Waals surface area contributed by atoms with Gasteiger partial charge in [-0.2, -0.15) is 0 Å². The normalized spacial score (nSPS) is 18.4. The zero-order valence-electron chi connectivity index (χ0n) is 47.1. The van der Waals surface area contributed by atoms with E-state index in [0.29, 0.717) is 19.6 Å². The van der Waals surface area contributed by atoms with Crippen molar-refractivity contribution in [2.75, 3.05) is 42.0 Å². The second kappa shape index (κ2) is 32.0. The number of allylic oxidation sites excluding steroid dienone is 3. The van der Waals surface area contributed by atoms with Crippen LogP contribution in [0.15, 0.2) is 97.1 Å². The molecule has 0 aromatic heterocycles. The number of methoxy groups -OCH3 is 4. The van der Waals surface area contributed by atoms with E-state index >= 15 is 0 Å². The maximum Gasteiger partial charge on any atom is 0.192 e. The minimum absolute atomic E-state index is 0.00690. The SMILES string of the molecule is C=C/C=C/[C@H](C)[C@H](O)[C@@H](C)[C@H](OCc1ccc(OC)cc1)[C@@H](C)C/C(C)=C\[C@H](C)[C@@H](OCOC)[C@@H](C)/C=C\[C@H](C[C@H](O[Si](C)(C)C(C)(C)C)[C@H](C)[C@H](OCc1ccc(OC)cc1)[C@@H](C)C(C)=O)OCOC. The number of aliphatic hydroxyl groups excluding tert-OH is 1. The molecule has 402 valence electrons. The van der Waals surface area contributed by atoms with Crippen LogP contribution in [-0.4, -0.2) is 97.9 Å². The molecular weight excluding hydrogens is 913 g/mol. The number of ketones is 1. The zero-order valence-corrected chi connectivity index (χ0v) is 48.1. The third kappa shape index (κ3) is 21.5. The van der Waals surface area contributed by atoms with Crippen LogP contribution in [0.2, 0.25) is 18.1 Å². The van der Waals surface area contributed by atoms with E-state index in [0.717, 1.165) is 29.0 Å². The van der Waals surface area contributed by atoms with Crippen molar-refractivity contribution in [3.63, 3.8) is 0 Å². The molecule has 71 heavy (non-hydrogen) atoms. The Labute approximate surface area is 431 Å². The van der Waals surface area contributed by atoms with Gasteiger partial charge < -0.3 is 47.4 Å². The lowest BCUT2D eigenvalue weighted by atomic mass is 9.81. The lowest BCUT2D eigenvalue weighted by molar-refractivity contribution is -0.131. The highest BCUT2D eigenvalue weighted by molar-refractivity contribution is 6.74. The Bertz CT molecular complexity index is 1890. The molecule has 0 aliphatic carbocycles. The first kappa shape index (κ1) is 63.7. The molecule has 2 aromatic carbocycles. The highest BCUT2D eigenvalue weighted by Gasteiger charge is 2.43. The van der Waals surface area contributed by atoms with Gasteiger partial charge in [-0.15, -0.1) is 0 Å². The van der Waals surface area contributed by atoms with Crippen molar-refractivity contribution in [1.29, 1.82) is 0 Å². The number of hydrogen-bond acceptors (Lipinski definition) is 11. The van der Waals surface area contributed by atoms with E-state index < -0.39 is 20.5 Å². The summed E-state index contributed by atoms with van der Waals surface area (Å²) >= 11 is 0. The van der Waals surface area contributed by atoms with E-state index in [2.05, 4.69) is 100 Å². The predicted octanol–water partition coefficient (Wildman–Crippen LogP) is 13.0. The van der Waals surface area contributed by atoms with Crippen LogP contribution in [0.3, 0.4) is 0 Å². The zero-order chi connectivity index (χ0) is 53.5. The molecule has 2 rings (SSSR count). The molecule has 0 amide bonds. The molecule has 11 nitrogen and oxygen atoms in total. The first-order chi connectivity index (χ1) is 33.4. The van der Waals surface area contributed by atoms with Crippen LogP contribution in [0.4, 0.5) is 0 Å². The minimum atomic E-state index is -2.34. The van der Waals surface area contributed by atoms with Gasteiger partial charge in [0, 0.05) is 56.1 Å². The molecule has 13 atom stereocenters. The van der Waals surface area contributed by atoms with Crippen LogP contribution < -0.4 is 9.47 Å². The molecule has 0 unspecified atom stereocenters. The summed E-state index contributed by atoms with van der Waals surface area (Å²) in [6, 6.07) is 15.7. The number of aliphatic hydroxyl groups is 1. The fourth-order valence-electron chi connectivity index (χ4n) is 8.98. The minimum Gasteiger partial charge on any atom is -0.497 e. The molecule has 0 fully saturated rings. The summed E-state index contributed by atoms with van der Waals surface area (Å²) in [7, 11) is 4.23. The van der Waals surface area contributed by atoms with Crippen molar-refractivity contribution in [3.8, 4) is 11.5 Å². The third-order valence-corrected chi connectivity index (χ3v) is 19.0. The standard InChI is InChI=1S/C59H96O11Si/c1-20-21-22-41(3)55(61)47(9)57(66-36-49-24-29-51(64-16)30-25-49)44(6)34-40(2)33-43(5)56(69-39-63-15)42(4)23-28-53(68-38-62-14)35-54(70-71(18,19)59(11,12)13)46(8)58(45(7)48(10)60)67-37-50-26-31-52(65-17)32-27-50/h20-33,41-47,53-58,61H,1,34-39H2,2-19H3/b22-21+,28-23-,40-33-/t41-,42-,43-,44-,45-,46-,47+,53+,54-,55-,56-,57+,58+/m0/s1. The summed E-state index contributed by atoms with van der Waals surface area (Å²) in [5, 5.41) is 11.5. The van der Waals surface area contributed by atoms with E-state index in [1.807, 2.05) is 74.5 Å². The van der Waals surface area contributed by atoms with Crippen molar-refractivity contribution in [1.82, 2.24) is 0 Å². The van der Waals surface area contributed by atoms with Crippen molar-refractivity contribution in [2.45, 2.75) is 164 Å². The molecular formula is C59H96O11Si. The molecule has 0 radical (unpaired) electrons. The summed E-state index contributed by atoms with van der Waals surface area (Å²) in [6.45, 7) is 34.6. The number of carbonyl (C=O) groups excluding carboxylic acids is 1. The van der Waals surface area contributed by atoms with E-state index in [1.165, 1.54) is 5.57 Å². The first-order valence-corrected chi connectivity index (χ1v) is 28.6. The lowest BCUT2D eigenvalue weighted by Gasteiger charge is -2.43. The fraction of sp³-hybridized carbons (Fsp3) is 0.644. The molecule has 0 saturated carbocycles. The summed E-state index contributed by atoms with van der Waals surface area (Å²) in [6.07, 6.45) is 11.3. The third-order valence-electron chi connectivity index (χ3n) is 14.5. The number of carbonyl (C=O) groups is 1. The maximum absolute atomic E-state index is 13.1. The van der Waals surface area contributed by atoms with Crippen LogP contribution in [0, 0.1) is 41.4 Å². The van der Waals surface area contributed by atoms with E-state index in [-0.39, 0.29) is 90.2 Å². The Hall–Kier alpha value is -3.43. The lowest BCUT2D eigenvalue weighted by Crippen LogP contribution is -2.49. The predicted molar refractivity (Wildman–Crippen MR) is 291 cm³/mol. The van der Waals surface area contributed by atoms with Crippen molar-refractivity contribution in [2.24, 2.45) is 41.4 Å². The molecule has 12 heteroatoms. The molecule has 2 aromatic rings. The Morgan fingerprint density at radius 2 is 1.20 bits per heavy atom. The Morgan fingerprint density at radius 1 is 0.676 bits per heavy atom. The highest BCUT2D eigenvalue weighted by atomic mass is 28.4. The molecule has 0 saturated heterocycles. The van der Waals surface area contributed by atoms with Crippen LogP contribution in [-0.2, 0) is 50.9 Å². The van der Waals surface area contributed by atoms with Gasteiger partial charge in [0.2, 0.25) is 0 Å². The van der Waals surface area contributed by atoms with Gasteiger partial charge in [0.15, 0.2) is 8.32 Å². The van der Waals surface area contributed by atoms with E-state index in [1.54, 1.807) is 41.4 Å².